The monoisotopic (exact) mass is 318 g/mol. The highest BCUT2D eigenvalue weighted by atomic mass is 32.1. The molecule has 1 saturated heterocycles. The number of amides is 1. The van der Waals surface area contributed by atoms with E-state index < -0.39 is 0 Å². The van der Waals surface area contributed by atoms with Crippen LogP contribution in [0.25, 0.3) is 11.4 Å². The summed E-state index contributed by atoms with van der Waals surface area (Å²) in [5.74, 6) is -0.0614. The SMILES string of the molecule is O=C(NCCc1nc(-c2ccccn2)cs1)C1CNCCO1. The summed E-state index contributed by atoms with van der Waals surface area (Å²) in [6, 6.07) is 5.77. The summed E-state index contributed by atoms with van der Waals surface area (Å²) in [7, 11) is 0. The van der Waals surface area contributed by atoms with Crippen molar-refractivity contribution in [2.45, 2.75) is 12.5 Å². The van der Waals surface area contributed by atoms with Gasteiger partial charge in [0, 0.05) is 37.6 Å². The molecule has 6 nitrogen and oxygen atoms in total. The molecule has 0 saturated carbocycles. The lowest BCUT2D eigenvalue weighted by atomic mass is 10.3. The van der Waals surface area contributed by atoms with Crippen LogP contribution in [0.1, 0.15) is 5.01 Å². The molecule has 2 N–H and O–H groups in total. The summed E-state index contributed by atoms with van der Waals surface area (Å²) in [5, 5.41) is 9.02. The van der Waals surface area contributed by atoms with Gasteiger partial charge in [-0.15, -0.1) is 11.3 Å². The lowest BCUT2D eigenvalue weighted by Gasteiger charge is -2.22. The molecule has 3 heterocycles. The summed E-state index contributed by atoms with van der Waals surface area (Å²) in [6.45, 7) is 2.53. The van der Waals surface area contributed by atoms with E-state index in [0.717, 1.165) is 22.9 Å². The normalized spacial score (nSPS) is 18.1. The Morgan fingerprint density at radius 1 is 1.45 bits per heavy atom. The first-order valence-electron chi connectivity index (χ1n) is 7.29. The second-order valence-electron chi connectivity index (χ2n) is 4.95. The molecule has 1 unspecified atom stereocenters. The fourth-order valence-electron chi connectivity index (χ4n) is 2.20. The summed E-state index contributed by atoms with van der Waals surface area (Å²) in [6.07, 6.45) is 2.09. The standard InChI is InChI=1S/C15H18N4O2S/c20-15(13-9-16-7-8-21-13)18-6-4-14-19-12(10-22-14)11-3-1-2-5-17-11/h1-3,5,10,13,16H,4,6-9H2,(H,18,20). The number of rotatable bonds is 5. The van der Waals surface area contributed by atoms with Gasteiger partial charge in [-0.1, -0.05) is 6.07 Å². The van der Waals surface area contributed by atoms with E-state index in [4.69, 9.17) is 4.74 Å². The maximum Gasteiger partial charge on any atom is 0.250 e. The molecule has 7 heteroatoms. The third-order valence-corrected chi connectivity index (χ3v) is 4.25. The van der Waals surface area contributed by atoms with E-state index in [1.54, 1.807) is 17.5 Å². The number of aromatic nitrogens is 2. The number of thiazole rings is 1. The fraction of sp³-hybridized carbons (Fsp3) is 0.400. The van der Waals surface area contributed by atoms with Gasteiger partial charge in [0.15, 0.2) is 0 Å². The molecule has 1 amide bonds. The minimum Gasteiger partial charge on any atom is -0.366 e. The van der Waals surface area contributed by atoms with Crippen LogP contribution in [0.15, 0.2) is 29.8 Å². The molecule has 0 radical (unpaired) electrons. The van der Waals surface area contributed by atoms with Crippen molar-refractivity contribution in [3.63, 3.8) is 0 Å². The topological polar surface area (TPSA) is 76.1 Å². The third kappa shape index (κ3) is 3.88. The highest BCUT2D eigenvalue weighted by Crippen LogP contribution is 2.19. The van der Waals surface area contributed by atoms with Gasteiger partial charge in [0.05, 0.1) is 23.0 Å². The van der Waals surface area contributed by atoms with Crippen LogP contribution in [-0.4, -0.2) is 48.2 Å². The minimum absolute atomic E-state index is 0.0614. The Balaban J connectivity index is 1.48. The van der Waals surface area contributed by atoms with Gasteiger partial charge >= 0.3 is 0 Å². The van der Waals surface area contributed by atoms with Crippen molar-refractivity contribution in [1.29, 1.82) is 0 Å². The van der Waals surface area contributed by atoms with E-state index in [0.29, 0.717) is 26.1 Å². The van der Waals surface area contributed by atoms with Crippen molar-refractivity contribution in [2.75, 3.05) is 26.2 Å². The lowest BCUT2D eigenvalue weighted by molar-refractivity contribution is -0.134. The third-order valence-electron chi connectivity index (χ3n) is 3.34. The molecule has 1 fully saturated rings. The number of hydrogen-bond donors (Lipinski definition) is 2. The number of nitrogens with one attached hydrogen (secondary N) is 2. The van der Waals surface area contributed by atoms with Gasteiger partial charge in [-0.25, -0.2) is 4.98 Å². The first kappa shape index (κ1) is 15.1. The Morgan fingerprint density at radius 2 is 2.41 bits per heavy atom. The average Bonchev–Trinajstić information content (AvgIpc) is 3.05. The minimum atomic E-state index is -0.380. The van der Waals surface area contributed by atoms with E-state index >= 15 is 0 Å². The lowest BCUT2D eigenvalue weighted by Crippen LogP contribution is -2.48. The van der Waals surface area contributed by atoms with Crippen molar-refractivity contribution in [2.24, 2.45) is 0 Å². The number of carbonyl (C=O) groups excluding carboxylic acids is 1. The molecule has 1 aliphatic heterocycles. The first-order chi connectivity index (χ1) is 10.8. The van der Waals surface area contributed by atoms with E-state index in [9.17, 15) is 4.79 Å². The molecule has 0 aliphatic carbocycles. The Kier molecular flexibility index (Phi) is 5.10. The first-order valence-corrected chi connectivity index (χ1v) is 8.17. The number of hydrogen-bond acceptors (Lipinski definition) is 6. The van der Waals surface area contributed by atoms with Crippen LogP contribution in [0.4, 0.5) is 0 Å². The fourth-order valence-corrected chi connectivity index (χ4v) is 2.99. The molecule has 0 spiro atoms. The maximum atomic E-state index is 11.9. The van der Waals surface area contributed by atoms with E-state index in [-0.39, 0.29) is 12.0 Å². The molecule has 116 valence electrons. The largest absolute Gasteiger partial charge is 0.366 e. The molecular formula is C15H18N4O2S. The molecule has 3 rings (SSSR count). The van der Waals surface area contributed by atoms with Crippen molar-refractivity contribution in [3.05, 3.63) is 34.8 Å². The summed E-state index contributed by atoms with van der Waals surface area (Å²) in [4.78, 5) is 20.7. The summed E-state index contributed by atoms with van der Waals surface area (Å²) < 4.78 is 5.41. The smallest absolute Gasteiger partial charge is 0.250 e. The second-order valence-corrected chi connectivity index (χ2v) is 5.89. The molecule has 22 heavy (non-hydrogen) atoms. The van der Waals surface area contributed by atoms with Gasteiger partial charge in [0.25, 0.3) is 0 Å². The maximum absolute atomic E-state index is 11.9. The average molecular weight is 318 g/mol. The summed E-state index contributed by atoms with van der Waals surface area (Å²) in [5.41, 5.74) is 1.75. The van der Waals surface area contributed by atoms with Crippen molar-refractivity contribution in [3.8, 4) is 11.4 Å². The molecule has 1 aliphatic rings. The Bertz CT molecular complexity index is 611. The number of nitrogens with zero attached hydrogens (tertiary/aromatic N) is 2. The van der Waals surface area contributed by atoms with Crippen LogP contribution in [0, 0.1) is 0 Å². The highest BCUT2D eigenvalue weighted by molar-refractivity contribution is 7.09. The zero-order chi connectivity index (χ0) is 15.2. The van der Waals surface area contributed by atoms with Crippen LogP contribution in [0.5, 0.6) is 0 Å². The number of morpholine rings is 1. The van der Waals surface area contributed by atoms with Crippen LogP contribution < -0.4 is 10.6 Å². The van der Waals surface area contributed by atoms with Gasteiger partial charge in [-0.3, -0.25) is 9.78 Å². The van der Waals surface area contributed by atoms with Gasteiger partial charge in [0.1, 0.15) is 6.10 Å². The predicted molar refractivity (Wildman–Crippen MR) is 84.7 cm³/mol. The van der Waals surface area contributed by atoms with E-state index in [1.165, 1.54) is 0 Å². The quantitative estimate of drug-likeness (QED) is 0.855. The summed E-state index contributed by atoms with van der Waals surface area (Å²) >= 11 is 1.59. The van der Waals surface area contributed by atoms with Crippen molar-refractivity contribution < 1.29 is 9.53 Å². The zero-order valence-electron chi connectivity index (χ0n) is 12.1. The molecular weight excluding hydrogens is 300 g/mol. The molecule has 2 aromatic heterocycles. The van der Waals surface area contributed by atoms with Crippen LogP contribution in [0.3, 0.4) is 0 Å². The Hall–Kier alpha value is -1.83. The van der Waals surface area contributed by atoms with Crippen molar-refractivity contribution >= 4 is 17.2 Å². The predicted octanol–water partition coefficient (Wildman–Crippen LogP) is 0.852. The van der Waals surface area contributed by atoms with Gasteiger partial charge < -0.3 is 15.4 Å². The van der Waals surface area contributed by atoms with Gasteiger partial charge in [-0.05, 0) is 12.1 Å². The molecule has 0 bridgehead atoms. The van der Waals surface area contributed by atoms with E-state index in [2.05, 4.69) is 20.6 Å². The van der Waals surface area contributed by atoms with Crippen LogP contribution in [-0.2, 0) is 16.0 Å². The zero-order valence-corrected chi connectivity index (χ0v) is 12.9. The number of ether oxygens (including phenoxy) is 1. The van der Waals surface area contributed by atoms with Gasteiger partial charge in [0.2, 0.25) is 5.91 Å². The van der Waals surface area contributed by atoms with Crippen LogP contribution >= 0.6 is 11.3 Å². The second kappa shape index (κ2) is 7.44. The van der Waals surface area contributed by atoms with Gasteiger partial charge in [-0.2, -0.15) is 0 Å². The van der Waals surface area contributed by atoms with E-state index in [1.807, 2.05) is 23.6 Å². The number of carbonyl (C=O) groups is 1. The molecule has 2 aromatic rings. The Morgan fingerprint density at radius 3 is 3.18 bits per heavy atom. The molecule has 1 atom stereocenters. The number of pyridine rings is 1. The Labute approximate surface area is 132 Å². The highest BCUT2D eigenvalue weighted by Gasteiger charge is 2.21. The molecule has 0 aromatic carbocycles. The van der Waals surface area contributed by atoms with Crippen molar-refractivity contribution in [1.82, 2.24) is 20.6 Å². The van der Waals surface area contributed by atoms with Crippen LogP contribution in [0.2, 0.25) is 0 Å².